The molecule has 0 spiro atoms. The van der Waals surface area contributed by atoms with Gasteiger partial charge in [0.15, 0.2) is 11.5 Å². The highest BCUT2D eigenvalue weighted by molar-refractivity contribution is 5.95. The number of amides is 1. The fourth-order valence-corrected chi connectivity index (χ4v) is 2.08. The smallest absolute Gasteiger partial charge is 0.269 e. The molecule has 0 atom stereocenters. The number of unbranched alkanes of at least 4 members (excludes halogenated alkanes) is 1. The van der Waals surface area contributed by atoms with Crippen LogP contribution in [0.5, 0.6) is 5.75 Å². The second-order valence-corrected chi connectivity index (χ2v) is 5.13. The Bertz CT molecular complexity index is 815. The van der Waals surface area contributed by atoms with Crippen molar-refractivity contribution >= 4 is 22.9 Å². The normalized spacial score (nSPS) is 10.5. The third-order valence-corrected chi connectivity index (χ3v) is 3.40. The minimum atomic E-state index is -0.276. The van der Waals surface area contributed by atoms with Gasteiger partial charge < -0.3 is 9.72 Å². The molecule has 0 aliphatic rings. The second kappa shape index (κ2) is 7.40. The van der Waals surface area contributed by atoms with Crippen molar-refractivity contribution in [3.05, 3.63) is 42.5 Å². The molecule has 0 aliphatic heterocycles. The molecule has 0 aliphatic carbocycles. The average Bonchev–Trinajstić information content (AvgIpc) is 3.10. The molecule has 124 valence electrons. The molecule has 2 aromatic heterocycles. The van der Waals surface area contributed by atoms with Crippen LogP contribution in [-0.2, 0) is 0 Å². The predicted octanol–water partition coefficient (Wildman–Crippen LogP) is 2.29. The zero-order valence-electron chi connectivity index (χ0n) is 13.2. The average molecular weight is 326 g/mol. The summed E-state index contributed by atoms with van der Waals surface area (Å²) < 4.78 is 5.57. The highest BCUT2D eigenvalue weighted by Crippen LogP contribution is 2.14. The van der Waals surface area contributed by atoms with Gasteiger partial charge in [0.2, 0.25) is 0 Å². The van der Waals surface area contributed by atoms with Crippen LogP contribution in [0.25, 0.3) is 11.2 Å². The number of hydrogen-bond acceptors (Lipinski definition) is 6. The number of ether oxygens (including phenoxy) is 1. The summed E-state index contributed by atoms with van der Waals surface area (Å²) in [5, 5.41) is 0. The maximum absolute atomic E-state index is 12.2. The van der Waals surface area contributed by atoms with Gasteiger partial charge in [-0.25, -0.2) is 15.0 Å². The van der Waals surface area contributed by atoms with Gasteiger partial charge >= 0.3 is 0 Å². The molecule has 0 fully saturated rings. The second-order valence-electron chi connectivity index (χ2n) is 5.13. The molecule has 1 aromatic carbocycles. The molecule has 0 radical (unpaired) electrons. The number of imidazole rings is 1. The van der Waals surface area contributed by atoms with Crippen LogP contribution in [0.2, 0.25) is 0 Å². The summed E-state index contributed by atoms with van der Waals surface area (Å²) in [6, 6.07) is 6.98. The van der Waals surface area contributed by atoms with E-state index in [9.17, 15) is 4.79 Å². The van der Waals surface area contributed by atoms with E-state index in [2.05, 4.69) is 37.7 Å². The first-order valence-corrected chi connectivity index (χ1v) is 7.71. The standard InChI is InChI=1S/C16H18N6O2/c1-2-3-8-24-12-6-4-11(5-7-12)16(23)22-21-15-13-14(18-9-17-13)19-10-20-15/h4-7,9-10H,2-3,8H2,1H3,(H,22,23)(H2,17,18,19,20,21). The van der Waals surface area contributed by atoms with Crippen molar-refractivity contribution in [1.29, 1.82) is 0 Å². The topological polar surface area (TPSA) is 105 Å². The number of aromatic amines is 1. The molecule has 0 saturated heterocycles. The molecule has 0 unspecified atom stereocenters. The lowest BCUT2D eigenvalue weighted by Gasteiger charge is -2.09. The maximum atomic E-state index is 12.2. The lowest BCUT2D eigenvalue weighted by Crippen LogP contribution is -2.29. The molecule has 1 amide bonds. The highest BCUT2D eigenvalue weighted by atomic mass is 16.5. The van der Waals surface area contributed by atoms with Crippen molar-refractivity contribution in [1.82, 2.24) is 25.4 Å². The minimum absolute atomic E-state index is 0.276. The highest BCUT2D eigenvalue weighted by Gasteiger charge is 2.09. The number of fused-ring (bicyclic) bond motifs is 1. The summed E-state index contributed by atoms with van der Waals surface area (Å²) in [5.41, 5.74) is 7.04. The zero-order chi connectivity index (χ0) is 16.8. The van der Waals surface area contributed by atoms with Crippen LogP contribution in [0, 0.1) is 0 Å². The Morgan fingerprint density at radius 2 is 2.04 bits per heavy atom. The molecule has 8 nitrogen and oxygen atoms in total. The largest absolute Gasteiger partial charge is 0.494 e. The quantitative estimate of drug-likeness (QED) is 0.454. The van der Waals surface area contributed by atoms with E-state index in [1.165, 1.54) is 12.7 Å². The van der Waals surface area contributed by atoms with Gasteiger partial charge in [-0.3, -0.25) is 15.6 Å². The summed E-state index contributed by atoms with van der Waals surface area (Å²) >= 11 is 0. The van der Waals surface area contributed by atoms with E-state index in [0.29, 0.717) is 29.2 Å². The van der Waals surface area contributed by atoms with Crippen LogP contribution in [0.15, 0.2) is 36.9 Å². The first-order chi connectivity index (χ1) is 11.8. The Morgan fingerprint density at radius 1 is 1.21 bits per heavy atom. The number of hydrogen-bond donors (Lipinski definition) is 3. The number of carbonyl (C=O) groups excluding carboxylic acids is 1. The van der Waals surface area contributed by atoms with Gasteiger partial charge in [-0.15, -0.1) is 0 Å². The molecule has 3 N–H and O–H groups in total. The summed E-state index contributed by atoms with van der Waals surface area (Å²) in [6.07, 6.45) is 4.98. The van der Waals surface area contributed by atoms with Gasteiger partial charge in [0.1, 0.15) is 17.6 Å². The number of benzene rings is 1. The number of aromatic nitrogens is 4. The van der Waals surface area contributed by atoms with Gasteiger partial charge in [-0.2, -0.15) is 0 Å². The molecule has 3 aromatic rings. The van der Waals surface area contributed by atoms with Gasteiger partial charge in [-0.1, -0.05) is 13.3 Å². The van der Waals surface area contributed by atoms with E-state index < -0.39 is 0 Å². The molecular formula is C16H18N6O2. The van der Waals surface area contributed by atoms with Crippen molar-refractivity contribution in [2.75, 3.05) is 12.0 Å². The maximum Gasteiger partial charge on any atom is 0.269 e. The Hall–Kier alpha value is -3.16. The first-order valence-electron chi connectivity index (χ1n) is 7.71. The van der Waals surface area contributed by atoms with E-state index in [1.807, 2.05) is 0 Å². The van der Waals surface area contributed by atoms with E-state index >= 15 is 0 Å². The molecule has 3 rings (SSSR count). The van der Waals surface area contributed by atoms with Crippen LogP contribution in [0.4, 0.5) is 5.82 Å². The number of rotatable bonds is 7. The summed E-state index contributed by atoms with van der Waals surface area (Å²) in [6.45, 7) is 2.79. The fourth-order valence-electron chi connectivity index (χ4n) is 2.08. The Morgan fingerprint density at radius 3 is 2.83 bits per heavy atom. The van der Waals surface area contributed by atoms with Gasteiger partial charge in [0.25, 0.3) is 5.91 Å². The summed E-state index contributed by atoms with van der Waals surface area (Å²) in [7, 11) is 0. The molecule has 0 saturated carbocycles. The molecule has 2 heterocycles. The van der Waals surface area contributed by atoms with E-state index in [0.717, 1.165) is 18.6 Å². The van der Waals surface area contributed by atoms with Gasteiger partial charge in [0.05, 0.1) is 12.9 Å². The molecular weight excluding hydrogens is 308 g/mol. The van der Waals surface area contributed by atoms with E-state index in [-0.39, 0.29) is 5.91 Å². The molecule has 0 bridgehead atoms. The number of H-pyrrole nitrogens is 1. The SMILES string of the molecule is CCCCOc1ccc(C(=O)NNc2ncnc3nc[nH]c23)cc1. The molecule has 8 heteroatoms. The Balaban J connectivity index is 1.59. The predicted molar refractivity (Wildman–Crippen MR) is 89.6 cm³/mol. The number of hydrazine groups is 1. The van der Waals surface area contributed by atoms with Crippen molar-refractivity contribution in [3.8, 4) is 5.75 Å². The third kappa shape index (κ3) is 3.60. The lowest BCUT2D eigenvalue weighted by molar-refractivity contribution is 0.0962. The minimum Gasteiger partial charge on any atom is -0.494 e. The Labute approximate surface area is 138 Å². The van der Waals surface area contributed by atoms with Crippen molar-refractivity contribution in [2.45, 2.75) is 19.8 Å². The van der Waals surface area contributed by atoms with Gasteiger partial charge in [-0.05, 0) is 30.7 Å². The number of carbonyl (C=O) groups is 1. The summed E-state index contributed by atoms with van der Waals surface area (Å²) in [5.74, 6) is 0.926. The van der Waals surface area contributed by atoms with E-state index in [1.54, 1.807) is 24.3 Å². The van der Waals surface area contributed by atoms with Crippen LogP contribution >= 0.6 is 0 Å². The first kappa shape index (κ1) is 15.7. The van der Waals surface area contributed by atoms with Crippen LogP contribution in [0.1, 0.15) is 30.1 Å². The Kier molecular flexibility index (Phi) is 4.85. The monoisotopic (exact) mass is 326 g/mol. The lowest BCUT2D eigenvalue weighted by atomic mass is 10.2. The van der Waals surface area contributed by atoms with Crippen LogP contribution in [0.3, 0.4) is 0 Å². The van der Waals surface area contributed by atoms with Crippen molar-refractivity contribution in [2.24, 2.45) is 0 Å². The van der Waals surface area contributed by atoms with Crippen LogP contribution < -0.4 is 15.6 Å². The zero-order valence-corrected chi connectivity index (χ0v) is 13.2. The number of nitrogens with zero attached hydrogens (tertiary/aromatic N) is 3. The van der Waals surface area contributed by atoms with Crippen LogP contribution in [-0.4, -0.2) is 32.4 Å². The van der Waals surface area contributed by atoms with Crippen molar-refractivity contribution < 1.29 is 9.53 Å². The third-order valence-electron chi connectivity index (χ3n) is 3.40. The fraction of sp³-hybridized carbons (Fsp3) is 0.250. The number of nitrogens with one attached hydrogen (secondary N) is 3. The van der Waals surface area contributed by atoms with Crippen molar-refractivity contribution in [3.63, 3.8) is 0 Å². The summed E-state index contributed by atoms with van der Waals surface area (Å²) in [4.78, 5) is 27.2. The molecule has 24 heavy (non-hydrogen) atoms. The number of anilines is 1. The van der Waals surface area contributed by atoms with E-state index in [4.69, 9.17) is 4.74 Å². The van der Waals surface area contributed by atoms with Gasteiger partial charge in [0, 0.05) is 5.56 Å².